The highest BCUT2D eigenvalue weighted by atomic mass is 16.6. The average molecular weight is 697 g/mol. The molecule has 0 amide bonds. The fourth-order valence-corrected chi connectivity index (χ4v) is 4.61. The molecule has 1 unspecified atom stereocenters. The summed E-state index contributed by atoms with van der Waals surface area (Å²) < 4.78 is 44.3. The predicted octanol–water partition coefficient (Wildman–Crippen LogP) is 8.67. The molecular formula is C42H64O8. The Hall–Kier alpha value is -2.82. The van der Waals surface area contributed by atoms with Gasteiger partial charge in [0.05, 0.1) is 92.0 Å². The number of rotatable bonds is 31. The van der Waals surface area contributed by atoms with Crippen molar-refractivity contribution in [3.8, 4) is 16.9 Å². The quantitative estimate of drug-likeness (QED) is 0.0619. The van der Waals surface area contributed by atoms with Crippen LogP contribution in [0.25, 0.3) is 11.1 Å². The highest BCUT2D eigenvalue weighted by Crippen LogP contribution is 2.17. The van der Waals surface area contributed by atoms with Crippen LogP contribution in [0.4, 0.5) is 0 Å². The van der Waals surface area contributed by atoms with Gasteiger partial charge in [-0.25, -0.2) is 0 Å². The number of hydrogen-bond donors (Lipinski definition) is 0. The van der Waals surface area contributed by atoms with Gasteiger partial charge >= 0.3 is 0 Å². The maximum atomic E-state index is 5.71. The van der Waals surface area contributed by atoms with Gasteiger partial charge in [-0.15, -0.1) is 0 Å². The first-order valence-electron chi connectivity index (χ1n) is 18.7. The molecule has 1 atom stereocenters. The van der Waals surface area contributed by atoms with E-state index in [2.05, 4.69) is 62.4 Å². The van der Waals surface area contributed by atoms with Crippen molar-refractivity contribution in [3.05, 3.63) is 91.0 Å². The molecule has 0 fully saturated rings. The second-order valence-corrected chi connectivity index (χ2v) is 11.8. The Bertz CT molecular complexity index is 1050. The minimum atomic E-state index is 0.293. The highest BCUT2D eigenvalue weighted by Gasteiger charge is 1.99. The van der Waals surface area contributed by atoms with Crippen molar-refractivity contribution < 1.29 is 37.9 Å². The lowest BCUT2D eigenvalue weighted by Crippen LogP contribution is -2.15. The second kappa shape index (κ2) is 33.3. The lowest BCUT2D eigenvalue weighted by atomic mass is 10.1. The van der Waals surface area contributed by atoms with Gasteiger partial charge < -0.3 is 37.9 Å². The first-order valence-corrected chi connectivity index (χ1v) is 18.7. The van der Waals surface area contributed by atoms with Gasteiger partial charge in [-0.3, -0.25) is 0 Å². The van der Waals surface area contributed by atoms with Gasteiger partial charge in [0.1, 0.15) is 5.75 Å². The van der Waals surface area contributed by atoms with Gasteiger partial charge in [0, 0.05) is 6.61 Å². The van der Waals surface area contributed by atoms with E-state index < -0.39 is 0 Å². The van der Waals surface area contributed by atoms with Crippen LogP contribution >= 0.6 is 0 Å². The number of ether oxygens (including phenoxy) is 8. The third kappa shape index (κ3) is 26.1. The summed E-state index contributed by atoms with van der Waals surface area (Å²) in [5.41, 5.74) is 2.55. The van der Waals surface area contributed by atoms with Crippen LogP contribution in [0.15, 0.2) is 91.0 Å². The van der Waals surface area contributed by atoms with E-state index in [1.165, 1.54) is 36.8 Å². The Labute approximate surface area is 302 Å². The van der Waals surface area contributed by atoms with Gasteiger partial charge in [-0.2, -0.15) is 0 Å². The molecule has 3 aromatic rings. The summed E-state index contributed by atoms with van der Waals surface area (Å²) in [6.45, 7) is 12.7. The van der Waals surface area contributed by atoms with Gasteiger partial charge in [0.25, 0.3) is 0 Å². The van der Waals surface area contributed by atoms with E-state index in [-0.39, 0.29) is 0 Å². The van der Waals surface area contributed by atoms with Crippen LogP contribution in [0.2, 0.25) is 0 Å². The molecule has 0 radical (unpaired) electrons. The van der Waals surface area contributed by atoms with E-state index >= 15 is 0 Å². The Morgan fingerprint density at radius 3 is 1.14 bits per heavy atom. The van der Waals surface area contributed by atoms with E-state index in [9.17, 15) is 0 Å². The summed E-state index contributed by atoms with van der Waals surface area (Å²) in [4.78, 5) is 0. The van der Waals surface area contributed by atoms with Crippen LogP contribution in [-0.4, -0.2) is 98.6 Å². The number of para-hydroxylation sites is 1. The molecule has 3 rings (SSSR count). The zero-order chi connectivity index (χ0) is 35.4. The molecular weight excluding hydrogens is 632 g/mol. The minimum Gasteiger partial charge on any atom is -0.494 e. The molecule has 0 heterocycles. The van der Waals surface area contributed by atoms with Crippen LogP contribution in [0.3, 0.4) is 0 Å². The van der Waals surface area contributed by atoms with E-state index in [0.717, 1.165) is 38.2 Å². The molecule has 0 aliphatic carbocycles. The standard InChI is InChI=1S/C30H54O8.C12H10/c1-3-29(2)37-28-27-36-26-25-35-24-23-34-22-21-33-20-19-32-18-17-31-15-11-6-4-5-7-12-16-38-30-13-9-8-10-14-30;1-3-7-11(8-4-1)12-9-5-2-6-10-12/h8-10,13-14,29H,3-7,11-12,15-28H2,1-2H3;1-10H. The predicted molar refractivity (Wildman–Crippen MR) is 202 cm³/mol. The van der Waals surface area contributed by atoms with E-state index in [0.29, 0.717) is 85.4 Å². The van der Waals surface area contributed by atoms with E-state index in [4.69, 9.17) is 37.9 Å². The Morgan fingerprint density at radius 2 is 0.720 bits per heavy atom. The minimum absolute atomic E-state index is 0.293. The summed E-state index contributed by atoms with van der Waals surface area (Å²) in [7, 11) is 0. The van der Waals surface area contributed by atoms with Crippen molar-refractivity contribution in [2.75, 3.05) is 92.5 Å². The number of hydrogen-bond acceptors (Lipinski definition) is 8. The van der Waals surface area contributed by atoms with Crippen LogP contribution in [-0.2, 0) is 33.2 Å². The second-order valence-electron chi connectivity index (χ2n) is 11.8. The molecule has 0 aliphatic rings. The first-order chi connectivity index (χ1) is 24.8. The molecule has 8 heteroatoms. The number of benzene rings is 3. The normalized spacial score (nSPS) is 11.6. The molecule has 50 heavy (non-hydrogen) atoms. The Morgan fingerprint density at radius 1 is 0.380 bits per heavy atom. The summed E-state index contributed by atoms with van der Waals surface area (Å²) in [6, 6.07) is 30.8. The zero-order valence-electron chi connectivity index (χ0n) is 30.9. The summed E-state index contributed by atoms with van der Waals surface area (Å²) >= 11 is 0. The lowest BCUT2D eigenvalue weighted by molar-refractivity contribution is -0.0254. The molecule has 0 N–H and O–H groups in total. The molecule has 0 saturated carbocycles. The molecule has 8 nitrogen and oxygen atoms in total. The summed E-state index contributed by atoms with van der Waals surface area (Å²) in [5, 5.41) is 0. The van der Waals surface area contributed by atoms with E-state index in [1.54, 1.807) is 0 Å². The topological polar surface area (TPSA) is 73.8 Å². The van der Waals surface area contributed by atoms with Crippen molar-refractivity contribution in [1.29, 1.82) is 0 Å². The third-order valence-electron chi connectivity index (χ3n) is 7.64. The Kier molecular flexibility index (Phi) is 28.9. The van der Waals surface area contributed by atoms with Crippen molar-refractivity contribution >= 4 is 0 Å². The number of unbranched alkanes of at least 4 members (excludes halogenated alkanes) is 5. The summed E-state index contributed by atoms with van der Waals surface area (Å²) in [6.07, 6.45) is 8.47. The van der Waals surface area contributed by atoms with Crippen LogP contribution in [0.5, 0.6) is 5.75 Å². The molecule has 0 spiro atoms. The first kappa shape index (κ1) is 43.3. The maximum absolute atomic E-state index is 5.71. The van der Waals surface area contributed by atoms with E-state index in [1.807, 2.05) is 42.5 Å². The monoisotopic (exact) mass is 696 g/mol. The highest BCUT2D eigenvalue weighted by molar-refractivity contribution is 5.62. The van der Waals surface area contributed by atoms with Gasteiger partial charge in [0.15, 0.2) is 0 Å². The van der Waals surface area contributed by atoms with Crippen LogP contribution < -0.4 is 4.74 Å². The molecule has 0 aliphatic heterocycles. The lowest BCUT2D eigenvalue weighted by Gasteiger charge is -2.11. The van der Waals surface area contributed by atoms with Gasteiger partial charge in [0.2, 0.25) is 0 Å². The Balaban J connectivity index is 0.000000596. The average Bonchev–Trinajstić information content (AvgIpc) is 3.17. The largest absolute Gasteiger partial charge is 0.494 e. The molecule has 3 aromatic carbocycles. The van der Waals surface area contributed by atoms with Crippen molar-refractivity contribution in [2.45, 2.75) is 64.9 Å². The van der Waals surface area contributed by atoms with Crippen LogP contribution in [0, 0.1) is 0 Å². The fraction of sp³-hybridized carbons (Fsp3) is 0.571. The molecule has 280 valence electrons. The van der Waals surface area contributed by atoms with Crippen LogP contribution in [0.1, 0.15) is 58.8 Å². The maximum Gasteiger partial charge on any atom is 0.119 e. The summed E-state index contributed by atoms with van der Waals surface area (Å²) in [5.74, 6) is 0.959. The SMILES string of the molecule is CCC(C)OCCOCCOCCOCCOCCOCCOCCCCCCCCOc1ccccc1.c1ccc(-c2ccccc2)cc1. The molecule has 0 aromatic heterocycles. The fourth-order valence-electron chi connectivity index (χ4n) is 4.61. The van der Waals surface area contributed by atoms with Crippen molar-refractivity contribution in [3.63, 3.8) is 0 Å². The van der Waals surface area contributed by atoms with Gasteiger partial charge in [-0.05, 0) is 49.4 Å². The molecule has 0 saturated heterocycles. The van der Waals surface area contributed by atoms with Crippen molar-refractivity contribution in [2.24, 2.45) is 0 Å². The van der Waals surface area contributed by atoms with Gasteiger partial charge in [-0.1, -0.05) is 111 Å². The van der Waals surface area contributed by atoms with Crippen molar-refractivity contribution in [1.82, 2.24) is 0 Å². The zero-order valence-corrected chi connectivity index (χ0v) is 30.9. The molecule has 0 bridgehead atoms. The smallest absolute Gasteiger partial charge is 0.119 e. The third-order valence-corrected chi connectivity index (χ3v) is 7.64.